The van der Waals surface area contributed by atoms with Crippen molar-refractivity contribution in [1.82, 2.24) is 15.5 Å². The number of unbranched alkanes of at least 4 members (excludes halogenated alkanes) is 1. The minimum atomic E-state index is -0.831. The topological polar surface area (TPSA) is 87.7 Å². The van der Waals surface area contributed by atoms with E-state index in [-0.39, 0.29) is 19.0 Å². The Morgan fingerprint density at radius 2 is 1.84 bits per heavy atom. The van der Waals surface area contributed by atoms with E-state index in [1.807, 2.05) is 39.0 Å². The van der Waals surface area contributed by atoms with Gasteiger partial charge in [0, 0.05) is 13.1 Å². The molecule has 7 heteroatoms. The standard InChI is InChI=1S/C24H37N3O4/c1-8-10-13-25-22(29)21(19-12-11-17(3)18(4)15-19)27(14-9-2)20(28)16-26-23(30)31-24(5,6)7/h9,11-12,15,21H,2,8,10,13-14,16H2,1,3-7H3,(H,25,29)(H,26,30). The van der Waals surface area contributed by atoms with Crippen molar-refractivity contribution >= 4 is 17.9 Å². The highest BCUT2D eigenvalue weighted by Crippen LogP contribution is 2.24. The molecule has 2 N–H and O–H groups in total. The molecule has 0 aliphatic carbocycles. The van der Waals surface area contributed by atoms with Crippen molar-refractivity contribution in [2.75, 3.05) is 19.6 Å². The van der Waals surface area contributed by atoms with Crippen molar-refractivity contribution in [3.8, 4) is 0 Å². The molecule has 0 bridgehead atoms. The van der Waals surface area contributed by atoms with Crippen LogP contribution < -0.4 is 10.6 Å². The monoisotopic (exact) mass is 431 g/mol. The first-order chi connectivity index (χ1) is 14.5. The van der Waals surface area contributed by atoms with Crippen molar-refractivity contribution in [3.05, 3.63) is 47.5 Å². The Labute approximate surface area is 186 Å². The van der Waals surface area contributed by atoms with Gasteiger partial charge in [0.25, 0.3) is 0 Å². The number of hydrogen-bond acceptors (Lipinski definition) is 4. The molecule has 7 nitrogen and oxygen atoms in total. The number of benzene rings is 1. The van der Waals surface area contributed by atoms with Gasteiger partial charge >= 0.3 is 6.09 Å². The van der Waals surface area contributed by atoms with Gasteiger partial charge in [-0.1, -0.05) is 37.6 Å². The summed E-state index contributed by atoms with van der Waals surface area (Å²) in [4.78, 5) is 39.5. The molecular weight excluding hydrogens is 394 g/mol. The first-order valence-electron chi connectivity index (χ1n) is 10.7. The molecule has 0 fully saturated rings. The van der Waals surface area contributed by atoms with Crippen molar-refractivity contribution in [1.29, 1.82) is 0 Å². The predicted octanol–water partition coefficient (Wildman–Crippen LogP) is 3.80. The molecule has 1 aromatic rings. The number of amides is 3. The van der Waals surface area contributed by atoms with Gasteiger partial charge in [-0.3, -0.25) is 9.59 Å². The maximum Gasteiger partial charge on any atom is 0.408 e. The van der Waals surface area contributed by atoms with Crippen LogP contribution in [-0.4, -0.2) is 48.0 Å². The Hall–Kier alpha value is -2.83. The van der Waals surface area contributed by atoms with Crippen LogP contribution in [0.3, 0.4) is 0 Å². The molecule has 0 saturated carbocycles. The smallest absolute Gasteiger partial charge is 0.408 e. The molecule has 0 aromatic heterocycles. The number of rotatable bonds is 10. The van der Waals surface area contributed by atoms with Crippen molar-refractivity contribution in [2.24, 2.45) is 0 Å². The van der Waals surface area contributed by atoms with Gasteiger partial charge in [0.1, 0.15) is 18.2 Å². The number of aryl methyl sites for hydroxylation is 2. The average Bonchev–Trinajstić information content (AvgIpc) is 2.67. The molecule has 0 saturated heterocycles. The SMILES string of the molecule is C=CCN(C(=O)CNC(=O)OC(C)(C)C)C(C(=O)NCCCC)c1ccc(C)c(C)c1. The molecule has 1 unspecified atom stereocenters. The van der Waals surface area contributed by atoms with E-state index in [1.165, 1.54) is 4.90 Å². The van der Waals surface area contributed by atoms with E-state index in [9.17, 15) is 14.4 Å². The molecular formula is C24H37N3O4. The summed E-state index contributed by atoms with van der Waals surface area (Å²) in [6.45, 7) is 15.4. The van der Waals surface area contributed by atoms with E-state index in [1.54, 1.807) is 26.8 Å². The lowest BCUT2D eigenvalue weighted by atomic mass is 9.99. The number of carbonyl (C=O) groups is 3. The Morgan fingerprint density at radius 1 is 1.16 bits per heavy atom. The van der Waals surface area contributed by atoms with E-state index < -0.39 is 23.6 Å². The fourth-order valence-electron chi connectivity index (χ4n) is 2.95. The summed E-state index contributed by atoms with van der Waals surface area (Å²) in [5, 5.41) is 5.40. The van der Waals surface area contributed by atoms with Crippen LogP contribution in [0, 0.1) is 13.8 Å². The lowest BCUT2D eigenvalue weighted by Crippen LogP contribution is -2.48. The second-order valence-corrected chi connectivity index (χ2v) is 8.58. The predicted molar refractivity (Wildman–Crippen MR) is 123 cm³/mol. The Balaban J connectivity index is 3.14. The number of nitrogens with zero attached hydrogens (tertiary/aromatic N) is 1. The fraction of sp³-hybridized carbons (Fsp3) is 0.542. The quantitative estimate of drug-likeness (QED) is 0.436. The van der Waals surface area contributed by atoms with E-state index in [4.69, 9.17) is 4.74 Å². The largest absolute Gasteiger partial charge is 0.444 e. The molecule has 1 rings (SSSR count). The second-order valence-electron chi connectivity index (χ2n) is 8.58. The molecule has 0 radical (unpaired) electrons. The highest BCUT2D eigenvalue weighted by atomic mass is 16.6. The molecule has 0 spiro atoms. The first-order valence-corrected chi connectivity index (χ1v) is 10.7. The summed E-state index contributed by atoms with van der Waals surface area (Å²) in [5.74, 6) is -0.663. The van der Waals surface area contributed by atoms with Crippen LogP contribution in [0.25, 0.3) is 0 Å². The molecule has 0 aliphatic rings. The lowest BCUT2D eigenvalue weighted by molar-refractivity contribution is -0.139. The molecule has 3 amide bonds. The van der Waals surface area contributed by atoms with Gasteiger partial charge in [0.05, 0.1) is 0 Å². The van der Waals surface area contributed by atoms with Gasteiger partial charge < -0.3 is 20.3 Å². The van der Waals surface area contributed by atoms with Crippen LogP contribution in [0.15, 0.2) is 30.9 Å². The van der Waals surface area contributed by atoms with Crippen LogP contribution in [0.5, 0.6) is 0 Å². The Bertz CT molecular complexity index is 784. The highest BCUT2D eigenvalue weighted by Gasteiger charge is 2.31. The third-order valence-electron chi connectivity index (χ3n) is 4.67. The third-order valence-corrected chi connectivity index (χ3v) is 4.67. The number of alkyl carbamates (subject to hydrolysis) is 1. The van der Waals surface area contributed by atoms with Gasteiger partial charge in [-0.05, 0) is 57.7 Å². The average molecular weight is 432 g/mol. The van der Waals surface area contributed by atoms with Crippen molar-refractivity contribution < 1.29 is 19.1 Å². The van der Waals surface area contributed by atoms with Gasteiger partial charge in [-0.25, -0.2) is 4.79 Å². The fourth-order valence-corrected chi connectivity index (χ4v) is 2.95. The summed E-state index contributed by atoms with van der Waals surface area (Å²) in [7, 11) is 0. The molecule has 0 aliphatic heterocycles. The third kappa shape index (κ3) is 8.82. The van der Waals surface area contributed by atoms with Gasteiger partial charge in [-0.15, -0.1) is 6.58 Å². The zero-order valence-corrected chi connectivity index (χ0v) is 19.7. The van der Waals surface area contributed by atoms with Crippen molar-refractivity contribution in [3.63, 3.8) is 0 Å². The maximum atomic E-state index is 13.1. The molecule has 1 atom stereocenters. The van der Waals surface area contributed by atoms with Crippen LogP contribution >= 0.6 is 0 Å². The summed E-state index contributed by atoms with van der Waals surface area (Å²) < 4.78 is 5.19. The van der Waals surface area contributed by atoms with Crippen LogP contribution in [0.4, 0.5) is 4.79 Å². The van der Waals surface area contributed by atoms with E-state index in [0.29, 0.717) is 12.1 Å². The molecule has 1 aromatic carbocycles. The van der Waals surface area contributed by atoms with Crippen LogP contribution in [0.1, 0.15) is 63.3 Å². The van der Waals surface area contributed by atoms with Crippen LogP contribution in [0.2, 0.25) is 0 Å². The van der Waals surface area contributed by atoms with Gasteiger partial charge in [0.2, 0.25) is 11.8 Å². The number of hydrogen-bond donors (Lipinski definition) is 2. The maximum absolute atomic E-state index is 13.1. The van der Waals surface area contributed by atoms with Gasteiger partial charge in [0.15, 0.2) is 0 Å². The molecule has 0 heterocycles. The number of nitrogens with one attached hydrogen (secondary N) is 2. The molecule has 172 valence electrons. The Kier molecular flexibility index (Phi) is 10.3. The lowest BCUT2D eigenvalue weighted by Gasteiger charge is -2.31. The summed E-state index contributed by atoms with van der Waals surface area (Å²) >= 11 is 0. The summed E-state index contributed by atoms with van der Waals surface area (Å²) in [5.41, 5.74) is 2.17. The zero-order valence-electron chi connectivity index (χ0n) is 19.7. The minimum absolute atomic E-state index is 0.160. The zero-order chi connectivity index (χ0) is 23.6. The normalized spacial score (nSPS) is 11.9. The van der Waals surface area contributed by atoms with Gasteiger partial charge in [-0.2, -0.15) is 0 Å². The van der Waals surface area contributed by atoms with E-state index in [0.717, 1.165) is 24.0 Å². The highest BCUT2D eigenvalue weighted by molar-refractivity contribution is 5.90. The van der Waals surface area contributed by atoms with Crippen LogP contribution in [-0.2, 0) is 14.3 Å². The molecule has 31 heavy (non-hydrogen) atoms. The second kappa shape index (κ2) is 12.1. The number of carbonyl (C=O) groups excluding carboxylic acids is 3. The number of ether oxygens (including phenoxy) is 1. The van der Waals surface area contributed by atoms with E-state index >= 15 is 0 Å². The first kappa shape index (κ1) is 26.2. The Morgan fingerprint density at radius 3 is 2.39 bits per heavy atom. The summed E-state index contributed by atoms with van der Waals surface area (Å²) in [6, 6.07) is 4.88. The minimum Gasteiger partial charge on any atom is -0.444 e. The van der Waals surface area contributed by atoms with Crippen molar-refractivity contribution in [2.45, 2.75) is 66.0 Å². The van der Waals surface area contributed by atoms with E-state index in [2.05, 4.69) is 17.2 Å². The summed E-state index contributed by atoms with van der Waals surface area (Å²) in [6.07, 6.45) is 2.68.